The molecule has 2 N–H and O–H groups in total. The van der Waals surface area contributed by atoms with Gasteiger partial charge in [0.1, 0.15) is 17.1 Å². The first kappa shape index (κ1) is 23.9. The van der Waals surface area contributed by atoms with Crippen molar-refractivity contribution in [3.8, 4) is 11.5 Å². The number of ether oxygens (including phenoxy) is 3. The lowest BCUT2D eigenvalue weighted by Gasteiger charge is -2.21. The van der Waals surface area contributed by atoms with Crippen LogP contribution in [0.25, 0.3) is 10.2 Å². The van der Waals surface area contributed by atoms with Gasteiger partial charge < -0.3 is 29.7 Å². The van der Waals surface area contributed by atoms with Gasteiger partial charge in [-0.3, -0.25) is 4.79 Å². The molecule has 11 heteroatoms. The molecule has 2 amide bonds. The van der Waals surface area contributed by atoms with E-state index in [1.54, 1.807) is 36.1 Å². The third-order valence-corrected chi connectivity index (χ3v) is 6.66. The standard InChI is InChI=1S/C23H25ClN4O5S/c1-4-33-23(30)28-11-15(25-21(29)20-17(31-2)6-5-7-18(20)32-3)16(12-28)27-22-26-14-9-8-13(24)10-19(14)34-22/h5-10,15-16H,4,11-12H2,1-3H3,(H,25,29)(H,26,27)/t15-,16+/m1/s1. The van der Waals surface area contributed by atoms with Crippen molar-refractivity contribution in [3.05, 3.63) is 47.0 Å². The SMILES string of the molecule is CCOC(=O)N1C[C@H](Nc2nc3ccc(Cl)cc3s2)[C@H](NC(=O)c2c(OC)cccc2OC)C1. The van der Waals surface area contributed by atoms with Crippen LogP contribution in [0.5, 0.6) is 11.5 Å². The van der Waals surface area contributed by atoms with Crippen molar-refractivity contribution in [1.82, 2.24) is 15.2 Å². The van der Waals surface area contributed by atoms with E-state index in [9.17, 15) is 9.59 Å². The Morgan fingerprint density at radius 1 is 1.15 bits per heavy atom. The van der Waals surface area contributed by atoms with Gasteiger partial charge in [0.2, 0.25) is 0 Å². The van der Waals surface area contributed by atoms with E-state index in [-0.39, 0.29) is 30.7 Å². The molecule has 0 saturated carbocycles. The highest BCUT2D eigenvalue weighted by Gasteiger charge is 2.38. The van der Waals surface area contributed by atoms with Gasteiger partial charge in [-0.25, -0.2) is 9.78 Å². The molecule has 3 aromatic rings. The number of carbonyl (C=O) groups is 2. The van der Waals surface area contributed by atoms with Crippen LogP contribution in [0.3, 0.4) is 0 Å². The summed E-state index contributed by atoms with van der Waals surface area (Å²) in [5.74, 6) is 0.419. The van der Waals surface area contributed by atoms with Gasteiger partial charge in [-0.15, -0.1) is 0 Å². The first-order valence-corrected chi connectivity index (χ1v) is 11.9. The van der Waals surface area contributed by atoms with Crippen LogP contribution in [0.15, 0.2) is 36.4 Å². The maximum Gasteiger partial charge on any atom is 0.409 e. The van der Waals surface area contributed by atoms with Crippen LogP contribution in [0.2, 0.25) is 5.02 Å². The predicted octanol–water partition coefficient (Wildman–Crippen LogP) is 4.02. The molecule has 0 spiro atoms. The van der Waals surface area contributed by atoms with Crippen molar-refractivity contribution < 1.29 is 23.8 Å². The van der Waals surface area contributed by atoms with E-state index in [4.69, 9.17) is 25.8 Å². The molecule has 1 aliphatic rings. The van der Waals surface area contributed by atoms with E-state index in [1.807, 2.05) is 12.1 Å². The van der Waals surface area contributed by atoms with E-state index in [1.165, 1.54) is 25.6 Å². The molecular weight excluding hydrogens is 480 g/mol. The third-order valence-electron chi connectivity index (χ3n) is 5.48. The second-order valence-electron chi connectivity index (χ2n) is 7.60. The Balaban J connectivity index is 1.58. The van der Waals surface area contributed by atoms with E-state index in [2.05, 4.69) is 15.6 Å². The van der Waals surface area contributed by atoms with E-state index >= 15 is 0 Å². The Morgan fingerprint density at radius 2 is 1.85 bits per heavy atom. The van der Waals surface area contributed by atoms with Crippen molar-refractivity contribution in [1.29, 1.82) is 0 Å². The van der Waals surface area contributed by atoms with Gasteiger partial charge in [-0.1, -0.05) is 29.0 Å². The molecule has 1 saturated heterocycles. The van der Waals surface area contributed by atoms with Crippen LogP contribution in [0.1, 0.15) is 17.3 Å². The molecule has 2 heterocycles. The summed E-state index contributed by atoms with van der Waals surface area (Å²) in [6.07, 6.45) is -0.433. The molecule has 2 aromatic carbocycles. The first-order chi connectivity index (χ1) is 16.4. The van der Waals surface area contributed by atoms with Crippen molar-refractivity contribution in [2.24, 2.45) is 0 Å². The Labute approximate surface area is 206 Å². The van der Waals surface area contributed by atoms with Crippen LogP contribution >= 0.6 is 22.9 Å². The van der Waals surface area contributed by atoms with E-state index in [0.29, 0.717) is 28.2 Å². The number of nitrogens with one attached hydrogen (secondary N) is 2. The molecule has 0 aliphatic carbocycles. The minimum absolute atomic E-state index is 0.265. The number of carbonyl (C=O) groups excluding carboxylic acids is 2. The molecule has 0 radical (unpaired) electrons. The summed E-state index contributed by atoms with van der Waals surface area (Å²) < 4.78 is 16.9. The Morgan fingerprint density at radius 3 is 2.53 bits per heavy atom. The lowest BCUT2D eigenvalue weighted by Crippen LogP contribution is -2.46. The number of halogens is 1. The molecule has 180 valence electrons. The number of aromatic nitrogens is 1. The Hall–Kier alpha value is -3.24. The van der Waals surface area contributed by atoms with E-state index < -0.39 is 12.1 Å². The monoisotopic (exact) mass is 504 g/mol. The zero-order valence-corrected chi connectivity index (χ0v) is 20.5. The van der Waals surface area contributed by atoms with Gasteiger partial charge >= 0.3 is 6.09 Å². The number of rotatable bonds is 7. The van der Waals surface area contributed by atoms with Gasteiger partial charge in [-0.2, -0.15) is 0 Å². The van der Waals surface area contributed by atoms with Crippen LogP contribution in [0, 0.1) is 0 Å². The third kappa shape index (κ3) is 4.97. The Bertz CT molecular complexity index is 1180. The highest BCUT2D eigenvalue weighted by atomic mass is 35.5. The molecule has 34 heavy (non-hydrogen) atoms. The highest BCUT2D eigenvalue weighted by molar-refractivity contribution is 7.22. The van der Waals surface area contributed by atoms with Crippen molar-refractivity contribution >= 4 is 50.3 Å². The summed E-state index contributed by atoms with van der Waals surface area (Å²) in [5.41, 5.74) is 1.10. The lowest BCUT2D eigenvalue weighted by molar-refractivity contribution is 0.0922. The summed E-state index contributed by atoms with van der Waals surface area (Å²) in [5, 5.41) is 7.71. The van der Waals surface area contributed by atoms with Crippen molar-refractivity contribution in [2.75, 3.05) is 39.2 Å². The number of likely N-dealkylation sites (tertiary alicyclic amines) is 1. The minimum Gasteiger partial charge on any atom is -0.496 e. The number of fused-ring (bicyclic) bond motifs is 1. The number of benzene rings is 2. The smallest absolute Gasteiger partial charge is 0.409 e. The van der Waals surface area contributed by atoms with Gasteiger partial charge in [-0.05, 0) is 37.3 Å². The number of anilines is 1. The molecule has 1 aromatic heterocycles. The normalized spacial score (nSPS) is 17.5. The van der Waals surface area contributed by atoms with Gasteiger partial charge in [0.15, 0.2) is 5.13 Å². The molecule has 0 bridgehead atoms. The molecular formula is C23H25ClN4O5S. The lowest BCUT2D eigenvalue weighted by atomic mass is 10.1. The van der Waals surface area contributed by atoms with Gasteiger partial charge in [0.25, 0.3) is 5.91 Å². The maximum atomic E-state index is 13.3. The molecule has 4 rings (SSSR count). The summed E-state index contributed by atoms with van der Waals surface area (Å²) >= 11 is 7.56. The van der Waals surface area contributed by atoms with Crippen LogP contribution in [-0.2, 0) is 4.74 Å². The fraction of sp³-hybridized carbons (Fsp3) is 0.348. The van der Waals surface area contributed by atoms with Crippen molar-refractivity contribution in [3.63, 3.8) is 0 Å². The maximum absolute atomic E-state index is 13.3. The number of nitrogens with zero attached hydrogens (tertiary/aromatic N) is 2. The zero-order valence-electron chi connectivity index (χ0n) is 19.0. The predicted molar refractivity (Wildman–Crippen MR) is 131 cm³/mol. The Kier molecular flexibility index (Phi) is 7.28. The van der Waals surface area contributed by atoms with Crippen LogP contribution < -0.4 is 20.1 Å². The minimum atomic E-state index is -0.433. The average Bonchev–Trinajstić information content (AvgIpc) is 3.41. The molecule has 1 aliphatic heterocycles. The first-order valence-electron chi connectivity index (χ1n) is 10.7. The second kappa shape index (κ2) is 10.4. The summed E-state index contributed by atoms with van der Waals surface area (Å²) in [7, 11) is 2.99. The fourth-order valence-electron chi connectivity index (χ4n) is 3.89. The number of hydrogen-bond donors (Lipinski definition) is 2. The fourth-order valence-corrected chi connectivity index (χ4v) is 5.10. The largest absolute Gasteiger partial charge is 0.496 e. The summed E-state index contributed by atoms with van der Waals surface area (Å²) in [6.45, 7) is 2.63. The molecule has 0 unspecified atom stereocenters. The number of amides is 2. The number of thiazole rings is 1. The second-order valence-corrected chi connectivity index (χ2v) is 9.07. The van der Waals surface area contributed by atoms with Gasteiger partial charge in [0.05, 0.1) is 43.1 Å². The molecule has 2 atom stereocenters. The molecule has 9 nitrogen and oxygen atoms in total. The van der Waals surface area contributed by atoms with E-state index in [0.717, 1.165) is 10.2 Å². The summed E-state index contributed by atoms with van der Waals surface area (Å²) in [4.78, 5) is 31.9. The summed E-state index contributed by atoms with van der Waals surface area (Å²) in [6, 6.07) is 9.91. The van der Waals surface area contributed by atoms with Crippen LogP contribution in [0.4, 0.5) is 9.93 Å². The van der Waals surface area contributed by atoms with Crippen LogP contribution in [-0.4, -0.2) is 67.9 Å². The highest BCUT2D eigenvalue weighted by Crippen LogP contribution is 2.31. The molecule has 1 fully saturated rings. The zero-order chi connectivity index (χ0) is 24.2. The number of methoxy groups -OCH3 is 2. The quantitative estimate of drug-likeness (QED) is 0.501. The number of hydrogen-bond acceptors (Lipinski definition) is 8. The topological polar surface area (TPSA) is 102 Å². The van der Waals surface area contributed by atoms with Gasteiger partial charge in [0, 0.05) is 18.1 Å². The van der Waals surface area contributed by atoms with Crippen molar-refractivity contribution in [2.45, 2.75) is 19.0 Å². The average molecular weight is 505 g/mol.